The molecule has 0 atom stereocenters. The van der Waals surface area contributed by atoms with E-state index in [4.69, 9.17) is 0 Å². The van der Waals surface area contributed by atoms with Crippen LogP contribution in [0.5, 0.6) is 0 Å². The van der Waals surface area contributed by atoms with Crippen molar-refractivity contribution in [3.05, 3.63) is 88.3 Å². The minimum Gasteiger partial charge on any atom is -0.366 e. The molecule has 0 fully saturated rings. The summed E-state index contributed by atoms with van der Waals surface area (Å²) >= 11 is 3.35. The zero-order valence-corrected chi connectivity index (χ0v) is 14.8. The summed E-state index contributed by atoms with van der Waals surface area (Å²) in [6.45, 7) is 0.336. The predicted molar refractivity (Wildman–Crippen MR) is 100 cm³/mol. The predicted octanol–water partition coefficient (Wildman–Crippen LogP) is 4.85. The summed E-state index contributed by atoms with van der Waals surface area (Å²) in [6, 6.07) is 17.2. The van der Waals surface area contributed by atoms with Crippen molar-refractivity contribution in [1.82, 2.24) is 4.98 Å². The Balaban J connectivity index is 1.62. The molecule has 6 heteroatoms. The Hall–Kier alpha value is -2.73. The van der Waals surface area contributed by atoms with Crippen LogP contribution in [0, 0.1) is 5.82 Å². The average molecular weight is 400 g/mol. The largest absolute Gasteiger partial charge is 0.366 e. The van der Waals surface area contributed by atoms with Gasteiger partial charge in [0.2, 0.25) is 0 Å². The van der Waals surface area contributed by atoms with E-state index in [-0.39, 0.29) is 11.7 Å². The molecule has 0 aliphatic heterocycles. The molecule has 2 N–H and O–H groups in total. The quantitative estimate of drug-likeness (QED) is 0.644. The second kappa shape index (κ2) is 7.90. The molecule has 0 saturated carbocycles. The first kappa shape index (κ1) is 17.1. The third-order valence-corrected chi connectivity index (χ3v) is 4.25. The Bertz CT molecular complexity index is 884. The van der Waals surface area contributed by atoms with Gasteiger partial charge in [0.05, 0.1) is 17.4 Å². The zero-order chi connectivity index (χ0) is 17.6. The third-order valence-electron chi connectivity index (χ3n) is 3.56. The highest BCUT2D eigenvalue weighted by molar-refractivity contribution is 9.10. The van der Waals surface area contributed by atoms with Gasteiger partial charge >= 0.3 is 0 Å². The number of nitrogens with zero attached hydrogens (tertiary/aromatic N) is 1. The standard InChI is InChI=1S/C19H15BrFN3O/c20-16-7-3-2-6-15(16)19(25)24-14-9-10-18(23-12-14)22-11-13-5-1-4-8-17(13)21/h1-10,12H,11H2,(H,22,23)(H,24,25). The lowest BCUT2D eigenvalue weighted by Crippen LogP contribution is -2.12. The van der Waals surface area contributed by atoms with Crippen LogP contribution in [-0.2, 0) is 6.54 Å². The number of hydrogen-bond donors (Lipinski definition) is 2. The van der Waals surface area contributed by atoms with Gasteiger partial charge < -0.3 is 10.6 Å². The average Bonchev–Trinajstić information content (AvgIpc) is 2.62. The molecule has 4 nitrogen and oxygen atoms in total. The van der Waals surface area contributed by atoms with Crippen LogP contribution in [0.15, 0.2) is 71.3 Å². The number of pyridine rings is 1. The SMILES string of the molecule is O=C(Nc1ccc(NCc2ccccc2F)nc1)c1ccccc1Br. The van der Waals surface area contributed by atoms with Crippen molar-refractivity contribution in [3.8, 4) is 0 Å². The van der Waals surface area contributed by atoms with E-state index in [1.807, 2.05) is 12.1 Å². The van der Waals surface area contributed by atoms with E-state index in [0.29, 0.717) is 29.2 Å². The van der Waals surface area contributed by atoms with Crippen LogP contribution < -0.4 is 10.6 Å². The summed E-state index contributed by atoms with van der Waals surface area (Å²) in [5.41, 5.74) is 1.69. The fourth-order valence-corrected chi connectivity index (χ4v) is 2.71. The van der Waals surface area contributed by atoms with Crippen molar-refractivity contribution in [1.29, 1.82) is 0 Å². The number of amides is 1. The maximum atomic E-state index is 13.6. The molecular weight excluding hydrogens is 385 g/mol. The lowest BCUT2D eigenvalue weighted by atomic mass is 10.2. The van der Waals surface area contributed by atoms with Gasteiger partial charge in [-0.15, -0.1) is 0 Å². The number of nitrogens with one attached hydrogen (secondary N) is 2. The topological polar surface area (TPSA) is 54.0 Å². The van der Waals surface area contributed by atoms with Crippen LogP contribution in [0.1, 0.15) is 15.9 Å². The highest BCUT2D eigenvalue weighted by atomic mass is 79.9. The van der Waals surface area contributed by atoms with Crippen molar-refractivity contribution in [3.63, 3.8) is 0 Å². The second-order valence-corrected chi connectivity index (χ2v) is 6.17. The van der Waals surface area contributed by atoms with E-state index in [1.165, 1.54) is 6.07 Å². The molecule has 25 heavy (non-hydrogen) atoms. The van der Waals surface area contributed by atoms with Gasteiger partial charge in [0.1, 0.15) is 11.6 Å². The summed E-state index contributed by atoms with van der Waals surface area (Å²) < 4.78 is 14.3. The van der Waals surface area contributed by atoms with E-state index in [1.54, 1.807) is 48.7 Å². The fourth-order valence-electron chi connectivity index (χ4n) is 2.24. The number of anilines is 2. The van der Waals surface area contributed by atoms with Gasteiger partial charge in [-0.05, 0) is 46.3 Å². The monoisotopic (exact) mass is 399 g/mol. The molecule has 0 aliphatic carbocycles. The summed E-state index contributed by atoms with van der Waals surface area (Å²) in [6.07, 6.45) is 1.55. The second-order valence-electron chi connectivity index (χ2n) is 5.31. The first-order valence-electron chi connectivity index (χ1n) is 7.63. The molecule has 0 radical (unpaired) electrons. The number of halogens is 2. The third kappa shape index (κ3) is 4.42. The number of carbonyl (C=O) groups excluding carboxylic acids is 1. The molecule has 2 aromatic carbocycles. The van der Waals surface area contributed by atoms with Crippen molar-refractivity contribution >= 4 is 33.3 Å². The normalized spacial score (nSPS) is 10.3. The molecule has 0 bridgehead atoms. The van der Waals surface area contributed by atoms with E-state index in [2.05, 4.69) is 31.5 Å². The molecule has 0 unspecified atom stereocenters. The zero-order valence-electron chi connectivity index (χ0n) is 13.2. The molecular formula is C19H15BrFN3O. The van der Waals surface area contributed by atoms with Gasteiger partial charge in [0.15, 0.2) is 0 Å². The van der Waals surface area contributed by atoms with E-state index >= 15 is 0 Å². The summed E-state index contributed by atoms with van der Waals surface area (Å²) in [4.78, 5) is 16.5. The van der Waals surface area contributed by atoms with Gasteiger partial charge in [-0.3, -0.25) is 4.79 Å². The van der Waals surface area contributed by atoms with Gasteiger partial charge in [-0.1, -0.05) is 30.3 Å². The molecule has 3 rings (SSSR count). The maximum absolute atomic E-state index is 13.6. The number of aromatic nitrogens is 1. The first-order valence-corrected chi connectivity index (χ1v) is 8.42. The molecule has 3 aromatic rings. The molecule has 126 valence electrons. The van der Waals surface area contributed by atoms with Crippen molar-refractivity contribution in [2.24, 2.45) is 0 Å². The van der Waals surface area contributed by atoms with Gasteiger partial charge in [0, 0.05) is 16.6 Å². The number of benzene rings is 2. The van der Waals surface area contributed by atoms with Crippen LogP contribution in [0.3, 0.4) is 0 Å². The Morgan fingerprint density at radius 1 is 1.04 bits per heavy atom. The lowest BCUT2D eigenvalue weighted by molar-refractivity contribution is 0.102. The number of rotatable bonds is 5. The highest BCUT2D eigenvalue weighted by Crippen LogP contribution is 2.18. The molecule has 0 aliphatic rings. The summed E-state index contributed by atoms with van der Waals surface area (Å²) in [5, 5.41) is 5.84. The van der Waals surface area contributed by atoms with Gasteiger partial charge in [-0.25, -0.2) is 9.37 Å². The Morgan fingerprint density at radius 2 is 1.80 bits per heavy atom. The van der Waals surface area contributed by atoms with Crippen LogP contribution in [0.25, 0.3) is 0 Å². The summed E-state index contributed by atoms with van der Waals surface area (Å²) in [5.74, 6) is 0.121. The minimum atomic E-state index is -0.257. The van der Waals surface area contributed by atoms with E-state index < -0.39 is 0 Å². The minimum absolute atomic E-state index is 0.221. The first-order chi connectivity index (χ1) is 12.1. The van der Waals surface area contributed by atoms with E-state index in [0.717, 1.165) is 4.47 Å². The molecule has 0 spiro atoms. The van der Waals surface area contributed by atoms with Crippen LogP contribution in [0.4, 0.5) is 15.9 Å². The van der Waals surface area contributed by atoms with Crippen LogP contribution in [-0.4, -0.2) is 10.9 Å². The number of hydrogen-bond acceptors (Lipinski definition) is 3. The van der Waals surface area contributed by atoms with Gasteiger partial charge in [0.25, 0.3) is 5.91 Å². The van der Waals surface area contributed by atoms with Crippen LogP contribution >= 0.6 is 15.9 Å². The molecule has 1 heterocycles. The Labute approximate surface area is 153 Å². The fraction of sp³-hybridized carbons (Fsp3) is 0.0526. The number of carbonyl (C=O) groups is 1. The van der Waals surface area contributed by atoms with Crippen molar-refractivity contribution in [2.75, 3.05) is 10.6 Å². The van der Waals surface area contributed by atoms with Crippen molar-refractivity contribution < 1.29 is 9.18 Å². The molecule has 1 amide bonds. The Morgan fingerprint density at radius 3 is 2.52 bits per heavy atom. The molecule has 1 aromatic heterocycles. The highest BCUT2D eigenvalue weighted by Gasteiger charge is 2.09. The smallest absolute Gasteiger partial charge is 0.256 e. The maximum Gasteiger partial charge on any atom is 0.256 e. The van der Waals surface area contributed by atoms with Gasteiger partial charge in [-0.2, -0.15) is 0 Å². The van der Waals surface area contributed by atoms with Crippen LogP contribution in [0.2, 0.25) is 0 Å². The lowest BCUT2D eigenvalue weighted by Gasteiger charge is -2.09. The van der Waals surface area contributed by atoms with Crippen molar-refractivity contribution in [2.45, 2.75) is 6.54 Å². The van der Waals surface area contributed by atoms with E-state index in [9.17, 15) is 9.18 Å². The summed E-state index contributed by atoms with van der Waals surface area (Å²) in [7, 11) is 0. The Kier molecular flexibility index (Phi) is 5.40. The molecule has 0 saturated heterocycles.